The monoisotopic (exact) mass is 476 g/mol. The first-order valence-electron chi connectivity index (χ1n) is 9.06. The summed E-state index contributed by atoms with van der Waals surface area (Å²) in [6.07, 6.45) is 0. The zero-order valence-corrected chi connectivity index (χ0v) is 18.8. The molecule has 0 amide bonds. The topological polar surface area (TPSA) is 63.5 Å². The lowest BCUT2D eigenvalue weighted by Gasteiger charge is -2.12. The predicted octanol–water partition coefficient (Wildman–Crippen LogP) is 5.51. The zero-order chi connectivity index (χ0) is 21.1. The Kier molecular flexibility index (Phi) is 6.67. The third-order valence-corrected chi connectivity index (χ3v) is 5.67. The second-order valence-corrected chi connectivity index (χ2v) is 8.05. The lowest BCUT2D eigenvalue weighted by atomic mass is 10.1. The fourth-order valence-corrected chi connectivity index (χ4v) is 4.12. The van der Waals surface area contributed by atoms with Gasteiger partial charge in [-0.15, -0.1) is 0 Å². The molecule has 0 spiro atoms. The summed E-state index contributed by atoms with van der Waals surface area (Å²) in [4.78, 5) is 12.0. The molecule has 0 radical (unpaired) electrons. The predicted molar refractivity (Wildman–Crippen MR) is 118 cm³/mol. The van der Waals surface area contributed by atoms with Gasteiger partial charge in [0.15, 0.2) is 0 Å². The maximum absolute atomic E-state index is 12.0. The van der Waals surface area contributed by atoms with Crippen LogP contribution >= 0.6 is 27.5 Å². The minimum Gasteiger partial charge on any atom is -0.496 e. The fourth-order valence-electron chi connectivity index (χ4n) is 3.58. The molecule has 3 rings (SSSR count). The molecule has 2 aromatic carbocycles. The number of hydrogen-bond acceptors (Lipinski definition) is 3. The van der Waals surface area contributed by atoms with Gasteiger partial charge in [0.05, 0.1) is 12.7 Å². The highest BCUT2D eigenvalue weighted by molar-refractivity contribution is 9.10. The molecule has 2 N–H and O–H groups in total. The summed E-state index contributed by atoms with van der Waals surface area (Å²) in [7, 11) is 1.63. The summed E-state index contributed by atoms with van der Waals surface area (Å²) in [6, 6.07) is 13.2. The van der Waals surface area contributed by atoms with Crippen LogP contribution in [0.4, 0.5) is 0 Å². The van der Waals surface area contributed by atoms with E-state index in [4.69, 9.17) is 16.3 Å². The lowest BCUT2D eigenvalue weighted by molar-refractivity contribution is 0.0695. The number of carboxylic acid groups (broad SMARTS) is 1. The molecular weight excluding hydrogens is 456 g/mol. The number of halogens is 2. The summed E-state index contributed by atoms with van der Waals surface area (Å²) in [5.41, 5.74) is 4.53. The molecule has 0 saturated carbocycles. The largest absolute Gasteiger partial charge is 0.496 e. The van der Waals surface area contributed by atoms with Crippen molar-refractivity contribution in [2.75, 3.05) is 7.11 Å². The van der Waals surface area contributed by atoms with Crippen molar-refractivity contribution in [2.24, 2.45) is 0 Å². The molecule has 0 unspecified atom stereocenters. The molecule has 0 atom stereocenters. The first-order valence-corrected chi connectivity index (χ1v) is 10.2. The Morgan fingerprint density at radius 1 is 1.14 bits per heavy atom. The van der Waals surface area contributed by atoms with Crippen molar-refractivity contribution < 1.29 is 14.6 Å². The van der Waals surface area contributed by atoms with Crippen LogP contribution in [0.1, 0.15) is 32.9 Å². The number of aromatic nitrogens is 1. The lowest BCUT2D eigenvalue weighted by Crippen LogP contribution is -2.16. The quantitative estimate of drug-likeness (QED) is 0.471. The third kappa shape index (κ3) is 4.50. The van der Waals surface area contributed by atoms with Gasteiger partial charge in [-0.2, -0.15) is 0 Å². The Hall–Kier alpha value is -2.28. The van der Waals surface area contributed by atoms with Crippen LogP contribution in [0.25, 0.3) is 5.69 Å². The Balaban J connectivity index is 1.91. The summed E-state index contributed by atoms with van der Waals surface area (Å²) in [6.45, 7) is 4.73. The number of benzene rings is 2. The normalized spacial score (nSPS) is 10.9. The van der Waals surface area contributed by atoms with Gasteiger partial charge in [0.1, 0.15) is 5.75 Å². The summed E-state index contributed by atoms with van der Waals surface area (Å²) < 4.78 is 8.32. The van der Waals surface area contributed by atoms with E-state index in [1.807, 2.05) is 48.7 Å². The maximum atomic E-state index is 12.0. The number of carboxylic acids is 1. The van der Waals surface area contributed by atoms with Gasteiger partial charge in [-0.25, -0.2) is 4.79 Å². The van der Waals surface area contributed by atoms with Crippen LogP contribution in [0.15, 0.2) is 46.9 Å². The molecule has 3 aromatic rings. The molecule has 152 valence electrons. The van der Waals surface area contributed by atoms with E-state index in [-0.39, 0.29) is 0 Å². The number of ether oxygens (including phenoxy) is 1. The number of aromatic carboxylic acids is 1. The second-order valence-electron chi connectivity index (χ2n) is 6.70. The molecular formula is C22H22BrClN2O3. The highest BCUT2D eigenvalue weighted by Gasteiger charge is 2.23. The summed E-state index contributed by atoms with van der Waals surface area (Å²) >= 11 is 9.48. The van der Waals surface area contributed by atoms with Crippen LogP contribution in [0.3, 0.4) is 0 Å². The van der Waals surface area contributed by atoms with Crippen LogP contribution in [0, 0.1) is 13.8 Å². The number of carbonyl (C=O) groups is 1. The minimum atomic E-state index is -0.935. The van der Waals surface area contributed by atoms with Crippen molar-refractivity contribution in [3.8, 4) is 11.4 Å². The van der Waals surface area contributed by atoms with E-state index in [2.05, 4.69) is 21.2 Å². The molecule has 1 heterocycles. The summed E-state index contributed by atoms with van der Waals surface area (Å²) in [5.74, 6) is -0.152. The second kappa shape index (κ2) is 9.03. The van der Waals surface area contributed by atoms with Gasteiger partial charge in [0.2, 0.25) is 0 Å². The molecule has 5 nitrogen and oxygen atoms in total. The van der Waals surface area contributed by atoms with Crippen molar-refractivity contribution >= 4 is 33.5 Å². The van der Waals surface area contributed by atoms with Crippen LogP contribution in [-0.2, 0) is 13.1 Å². The Labute approximate surface area is 183 Å². The molecule has 0 fully saturated rings. The van der Waals surface area contributed by atoms with E-state index in [9.17, 15) is 9.90 Å². The van der Waals surface area contributed by atoms with Crippen LogP contribution in [-0.4, -0.2) is 22.8 Å². The Morgan fingerprint density at radius 3 is 2.45 bits per heavy atom. The van der Waals surface area contributed by atoms with Gasteiger partial charge >= 0.3 is 5.97 Å². The standard InChI is InChI=1S/C22H22BrClN2O3/c1-13-19(12-25-11-15-10-16(23)4-9-20(15)29-3)21(22(27)28)14(2)26(13)18-7-5-17(24)6-8-18/h4-10,25H,11-12H2,1-3H3,(H,27,28). The van der Waals surface area contributed by atoms with Crippen molar-refractivity contribution in [1.82, 2.24) is 9.88 Å². The summed E-state index contributed by atoms with van der Waals surface area (Å²) in [5, 5.41) is 13.8. The number of hydrogen-bond donors (Lipinski definition) is 2. The number of methoxy groups -OCH3 is 1. The highest BCUT2D eigenvalue weighted by Crippen LogP contribution is 2.28. The highest BCUT2D eigenvalue weighted by atomic mass is 79.9. The van der Waals surface area contributed by atoms with Crippen molar-refractivity contribution in [2.45, 2.75) is 26.9 Å². The van der Waals surface area contributed by atoms with Crippen molar-refractivity contribution in [3.63, 3.8) is 0 Å². The average molecular weight is 478 g/mol. The van der Waals surface area contributed by atoms with Gasteiger partial charge in [-0.05, 0) is 56.3 Å². The van der Waals surface area contributed by atoms with E-state index in [0.29, 0.717) is 29.4 Å². The molecule has 0 aliphatic heterocycles. The smallest absolute Gasteiger partial charge is 0.337 e. The van der Waals surface area contributed by atoms with Gasteiger partial charge in [-0.1, -0.05) is 27.5 Å². The van der Waals surface area contributed by atoms with Gasteiger partial charge in [0, 0.05) is 50.8 Å². The van der Waals surface area contributed by atoms with Crippen molar-refractivity contribution in [1.29, 1.82) is 0 Å². The van der Waals surface area contributed by atoms with E-state index >= 15 is 0 Å². The molecule has 29 heavy (non-hydrogen) atoms. The Morgan fingerprint density at radius 2 is 1.83 bits per heavy atom. The number of nitrogens with one attached hydrogen (secondary N) is 1. The average Bonchev–Trinajstić information content (AvgIpc) is 2.93. The molecule has 7 heteroatoms. The molecule has 0 saturated heterocycles. The fraction of sp³-hybridized carbons (Fsp3) is 0.227. The zero-order valence-electron chi connectivity index (χ0n) is 16.4. The first kappa shape index (κ1) is 21.4. The van der Waals surface area contributed by atoms with E-state index in [1.165, 1.54) is 0 Å². The number of nitrogens with zero attached hydrogens (tertiary/aromatic N) is 1. The molecule has 0 aliphatic rings. The van der Waals surface area contributed by atoms with Crippen LogP contribution in [0.2, 0.25) is 5.02 Å². The number of rotatable bonds is 7. The first-order chi connectivity index (χ1) is 13.8. The van der Waals surface area contributed by atoms with Crippen LogP contribution in [0.5, 0.6) is 5.75 Å². The minimum absolute atomic E-state index is 0.325. The molecule has 0 aliphatic carbocycles. The van der Waals surface area contributed by atoms with Crippen molar-refractivity contribution in [3.05, 3.63) is 80.0 Å². The van der Waals surface area contributed by atoms with E-state index in [0.717, 1.165) is 32.7 Å². The van der Waals surface area contributed by atoms with Gasteiger partial charge in [0.25, 0.3) is 0 Å². The van der Waals surface area contributed by atoms with E-state index < -0.39 is 5.97 Å². The SMILES string of the molecule is COc1ccc(Br)cc1CNCc1c(C(=O)O)c(C)n(-c2ccc(Cl)cc2)c1C. The maximum Gasteiger partial charge on any atom is 0.337 e. The third-order valence-electron chi connectivity index (χ3n) is 4.93. The van der Waals surface area contributed by atoms with Gasteiger partial charge in [-0.3, -0.25) is 0 Å². The Bertz CT molecular complexity index is 1050. The molecule has 0 bridgehead atoms. The van der Waals surface area contributed by atoms with Gasteiger partial charge < -0.3 is 19.7 Å². The van der Waals surface area contributed by atoms with E-state index in [1.54, 1.807) is 19.2 Å². The molecule has 1 aromatic heterocycles. The van der Waals surface area contributed by atoms with Crippen LogP contribution < -0.4 is 10.1 Å².